The van der Waals surface area contributed by atoms with E-state index >= 15 is 0 Å². The largest absolute Gasteiger partial charge is 0.0843 e. The number of benzene rings is 2. The van der Waals surface area contributed by atoms with Crippen molar-refractivity contribution >= 4 is 55.1 Å². The third kappa shape index (κ3) is 3.51. The Balaban J connectivity index is 2.25. The minimum Gasteiger partial charge on any atom is -0.0843 e. The van der Waals surface area contributed by atoms with Gasteiger partial charge >= 0.3 is 0 Å². The molecule has 0 bridgehead atoms. The zero-order valence-corrected chi connectivity index (χ0v) is 14.0. The number of rotatable bonds is 3. The second kappa shape index (κ2) is 6.42. The Morgan fingerprint density at radius 1 is 1.06 bits per heavy atom. The van der Waals surface area contributed by atoms with Crippen molar-refractivity contribution in [3.8, 4) is 0 Å². The molecule has 2 rings (SSSR count). The van der Waals surface area contributed by atoms with E-state index in [4.69, 9.17) is 23.2 Å². The highest BCUT2D eigenvalue weighted by Crippen LogP contribution is 2.35. The summed E-state index contributed by atoms with van der Waals surface area (Å²) in [6.07, 6.45) is 0.818. The SMILES string of the molecule is Clc1ccc(Br)c(C(Br)Cc2ccccc2Cl)c1. The Hall–Kier alpha value is -0.0200. The minimum atomic E-state index is 0.172. The van der Waals surface area contributed by atoms with Crippen LogP contribution < -0.4 is 0 Å². The Bertz CT molecular complexity index is 555. The molecule has 0 amide bonds. The third-order valence-corrected chi connectivity index (χ3v) is 4.80. The molecule has 0 radical (unpaired) electrons. The lowest BCUT2D eigenvalue weighted by Gasteiger charge is -2.13. The standard InChI is InChI=1S/C14H10Br2Cl2/c15-12-6-5-10(17)8-11(12)13(16)7-9-3-1-2-4-14(9)18/h1-6,8,13H,7H2. The molecule has 0 fully saturated rings. The topological polar surface area (TPSA) is 0 Å². The molecule has 1 atom stereocenters. The maximum atomic E-state index is 6.17. The summed E-state index contributed by atoms with van der Waals surface area (Å²) < 4.78 is 1.04. The van der Waals surface area contributed by atoms with Gasteiger partial charge in [0.1, 0.15) is 0 Å². The van der Waals surface area contributed by atoms with E-state index in [2.05, 4.69) is 31.9 Å². The molecule has 4 heteroatoms. The summed E-state index contributed by atoms with van der Waals surface area (Å²) in [6, 6.07) is 13.7. The fourth-order valence-electron chi connectivity index (χ4n) is 1.72. The van der Waals surface area contributed by atoms with Crippen LogP contribution in [0, 0.1) is 0 Å². The molecule has 2 aromatic carbocycles. The first-order valence-electron chi connectivity index (χ1n) is 5.40. The predicted molar refractivity (Wildman–Crippen MR) is 86.0 cm³/mol. The van der Waals surface area contributed by atoms with Gasteiger partial charge in [0.25, 0.3) is 0 Å². The molecule has 0 aliphatic rings. The Morgan fingerprint density at radius 3 is 2.50 bits per heavy atom. The summed E-state index contributed by atoms with van der Waals surface area (Å²) in [5.74, 6) is 0. The van der Waals surface area contributed by atoms with Gasteiger partial charge in [0.15, 0.2) is 0 Å². The number of hydrogen-bond donors (Lipinski definition) is 0. The summed E-state index contributed by atoms with van der Waals surface area (Å²) in [5, 5.41) is 1.52. The highest BCUT2D eigenvalue weighted by atomic mass is 79.9. The molecule has 0 nitrogen and oxygen atoms in total. The van der Waals surface area contributed by atoms with Crippen LogP contribution >= 0.6 is 55.1 Å². The van der Waals surface area contributed by atoms with E-state index in [-0.39, 0.29) is 4.83 Å². The molecule has 18 heavy (non-hydrogen) atoms. The molecule has 0 aliphatic heterocycles. The number of hydrogen-bond acceptors (Lipinski definition) is 0. The normalized spacial score (nSPS) is 12.4. The summed E-state index contributed by atoms with van der Waals surface area (Å²) in [4.78, 5) is 0.172. The van der Waals surface area contributed by atoms with Crippen molar-refractivity contribution < 1.29 is 0 Å². The van der Waals surface area contributed by atoms with Crippen molar-refractivity contribution in [3.63, 3.8) is 0 Å². The van der Waals surface area contributed by atoms with E-state index in [0.717, 1.165) is 32.1 Å². The van der Waals surface area contributed by atoms with Crippen LogP contribution in [0.25, 0.3) is 0 Å². The molecule has 94 valence electrons. The minimum absolute atomic E-state index is 0.172. The van der Waals surface area contributed by atoms with Gasteiger partial charge in [-0.3, -0.25) is 0 Å². The first kappa shape index (κ1) is 14.4. The van der Waals surface area contributed by atoms with Crippen LogP contribution in [-0.4, -0.2) is 0 Å². The van der Waals surface area contributed by atoms with E-state index in [0.29, 0.717) is 0 Å². The van der Waals surface area contributed by atoms with Gasteiger partial charge in [0.05, 0.1) is 0 Å². The van der Waals surface area contributed by atoms with E-state index in [1.54, 1.807) is 0 Å². The van der Waals surface area contributed by atoms with Gasteiger partial charge in [-0.1, -0.05) is 73.3 Å². The smallest absolute Gasteiger partial charge is 0.0447 e. The van der Waals surface area contributed by atoms with Crippen LogP contribution in [0.5, 0.6) is 0 Å². The molecule has 0 heterocycles. The average Bonchev–Trinajstić information content (AvgIpc) is 2.35. The summed E-state index contributed by atoms with van der Waals surface area (Å²) in [7, 11) is 0. The Kier molecular flexibility index (Phi) is 5.14. The second-order valence-corrected chi connectivity index (χ2v) is 6.73. The number of halogens is 4. The fourth-order valence-corrected chi connectivity index (χ4v) is 3.67. The molecule has 0 aromatic heterocycles. The maximum absolute atomic E-state index is 6.17. The first-order valence-corrected chi connectivity index (χ1v) is 7.87. The van der Waals surface area contributed by atoms with Crippen LogP contribution in [0.4, 0.5) is 0 Å². The van der Waals surface area contributed by atoms with Gasteiger partial charge in [0.2, 0.25) is 0 Å². The lowest BCUT2D eigenvalue weighted by Crippen LogP contribution is -1.97. The zero-order valence-electron chi connectivity index (χ0n) is 9.34. The van der Waals surface area contributed by atoms with Crippen molar-refractivity contribution in [2.75, 3.05) is 0 Å². The van der Waals surface area contributed by atoms with Gasteiger partial charge in [0, 0.05) is 19.3 Å². The Morgan fingerprint density at radius 2 is 1.78 bits per heavy atom. The van der Waals surface area contributed by atoms with Gasteiger partial charge in [-0.25, -0.2) is 0 Å². The lowest BCUT2D eigenvalue weighted by molar-refractivity contribution is 0.944. The molecular weight excluding hydrogens is 399 g/mol. The van der Waals surface area contributed by atoms with Crippen LogP contribution in [0.3, 0.4) is 0 Å². The summed E-state index contributed by atoms with van der Waals surface area (Å²) >= 11 is 19.4. The van der Waals surface area contributed by atoms with Gasteiger partial charge < -0.3 is 0 Å². The zero-order chi connectivity index (χ0) is 13.1. The first-order chi connectivity index (χ1) is 8.58. The molecule has 0 spiro atoms. The second-order valence-electron chi connectivity index (χ2n) is 3.93. The van der Waals surface area contributed by atoms with Crippen molar-refractivity contribution in [1.82, 2.24) is 0 Å². The van der Waals surface area contributed by atoms with E-state index in [9.17, 15) is 0 Å². The predicted octanol–water partition coefficient (Wildman–Crippen LogP) is 6.43. The van der Waals surface area contributed by atoms with Crippen LogP contribution in [-0.2, 0) is 6.42 Å². The highest BCUT2D eigenvalue weighted by molar-refractivity contribution is 9.11. The quantitative estimate of drug-likeness (QED) is 0.513. The van der Waals surface area contributed by atoms with Gasteiger partial charge in [-0.05, 0) is 41.8 Å². The van der Waals surface area contributed by atoms with Gasteiger partial charge in [-0.2, -0.15) is 0 Å². The highest BCUT2D eigenvalue weighted by Gasteiger charge is 2.13. The molecular formula is C14H10Br2Cl2. The monoisotopic (exact) mass is 406 g/mol. The summed E-state index contributed by atoms with van der Waals surface area (Å²) in [6.45, 7) is 0. The number of alkyl halides is 1. The van der Waals surface area contributed by atoms with E-state index < -0.39 is 0 Å². The molecule has 0 N–H and O–H groups in total. The third-order valence-electron chi connectivity index (χ3n) is 2.65. The molecule has 0 saturated heterocycles. The lowest BCUT2D eigenvalue weighted by atomic mass is 10.0. The molecule has 0 aliphatic carbocycles. The van der Waals surface area contributed by atoms with E-state index in [1.807, 2.05) is 42.5 Å². The van der Waals surface area contributed by atoms with Crippen molar-refractivity contribution in [3.05, 3.63) is 68.1 Å². The van der Waals surface area contributed by atoms with Crippen molar-refractivity contribution in [2.45, 2.75) is 11.2 Å². The van der Waals surface area contributed by atoms with Gasteiger partial charge in [-0.15, -0.1) is 0 Å². The summed E-state index contributed by atoms with van der Waals surface area (Å²) in [5.41, 5.74) is 2.25. The fraction of sp³-hybridized carbons (Fsp3) is 0.143. The van der Waals surface area contributed by atoms with Crippen LogP contribution in [0.2, 0.25) is 10.0 Å². The maximum Gasteiger partial charge on any atom is 0.0447 e. The molecule has 1 unspecified atom stereocenters. The van der Waals surface area contributed by atoms with Crippen LogP contribution in [0.15, 0.2) is 46.9 Å². The molecule has 2 aromatic rings. The van der Waals surface area contributed by atoms with Crippen molar-refractivity contribution in [2.24, 2.45) is 0 Å². The van der Waals surface area contributed by atoms with Crippen LogP contribution in [0.1, 0.15) is 16.0 Å². The van der Waals surface area contributed by atoms with E-state index in [1.165, 1.54) is 0 Å². The Labute approximate surface area is 134 Å². The molecule has 0 saturated carbocycles. The van der Waals surface area contributed by atoms with Crippen molar-refractivity contribution in [1.29, 1.82) is 0 Å². The average molecular weight is 409 g/mol.